The molecule has 1 aliphatic rings. The monoisotopic (exact) mass is 599 g/mol. The van der Waals surface area contributed by atoms with Crippen molar-refractivity contribution in [3.05, 3.63) is 51.0 Å². The van der Waals surface area contributed by atoms with E-state index in [9.17, 15) is 37.7 Å². The number of primary amides is 1. The Morgan fingerprint density at radius 2 is 1.93 bits per heavy atom. The quantitative estimate of drug-likeness (QED) is 0.0594. The average Bonchev–Trinajstić information content (AvgIpc) is 3.28. The number of oxime groups is 1. The first-order valence-electron chi connectivity index (χ1n) is 10.8. The molecular weight excluding hydrogens is 578 g/mol. The normalized spacial score (nSPS) is 17.5. The lowest BCUT2D eigenvalue weighted by Crippen LogP contribution is -2.75. The van der Waals surface area contributed by atoms with E-state index in [-0.39, 0.29) is 27.4 Å². The fourth-order valence-electron chi connectivity index (χ4n) is 3.18. The summed E-state index contributed by atoms with van der Waals surface area (Å²) in [4.78, 5) is 68.9. The number of esters is 1. The highest BCUT2D eigenvalue weighted by molar-refractivity contribution is 7.84. The van der Waals surface area contributed by atoms with Gasteiger partial charge in [0.15, 0.2) is 16.9 Å². The number of nitrogens with zero attached hydrogens (tertiary/aromatic N) is 4. The molecule has 0 bridgehead atoms. The number of ether oxygens (including phenoxy) is 1. The van der Waals surface area contributed by atoms with Crippen LogP contribution in [0.25, 0.3) is 0 Å². The SMILES string of the molecule is CC(C)(O/N=C(\C(=O)N[C@H]1C(=O)N(S(=O)(=O)O)[C@@H]1C(N)=O)c1csc(N)n1)C(=O)OCc1ccc([N+](=O)[O-])cc1. The van der Waals surface area contributed by atoms with Crippen molar-refractivity contribution >= 4 is 61.9 Å². The van der Waals surface area contributed by atoms with Gasteiger partial charge in [0.2, 0.25) is 11.5 Å². The van der Waals surface area contributed by atoms with Gasteiger partial charge in [-0.1, -0.05) is 5.16 Å². The number of carbonyl (C=O) groups is 4. The third kappa shape index (κ3) is 6.47. The number of anilines is 1. The zero-order chi connectivity index (χ0) is 30.0. The topological polar surface area (TPSA) is 277 Å². The van der Waals surface area contributed by atoms with Crippen LogP contribution in [0.5, 0.6) is 0 Å². The summed E-state index contributed by atoms with van der Waals surface area (Å²) in [5.41, 5.74) is 8.42. The molecule has 20 heteroatoms. The van der Waals surface area contributed by atoms with Gasteiger partial charge in [-0.25, -0.2) is 9.78 Å². The molecule has 1 aromatic heterocycles. The first-order valence-corrected chi connectivity index (χ1v) is 13.1. The van der Waals surface area contributed by atoms with Gasteiger partial charge in [0.05, 0.1) is 4.92 Å². The summed E-state index contributed by atoms with van der Waals surface area (Å²) < 4.78 is 36.9. The maximum atomic E-state index is 13.0. The van der Waals surface area contributed by atoms with Gasteiger partial charge >= 0.3 is 16.3 Å². The number of nitro groups is 1. The second-order valence-corrected chi connectivity index (χ2v) is 10.7. The van der Waals surface area contributed by atoms with Gasteiger partial charge in [-0.3, -0.25) is 29.1 Å². The van der Waals surface area contributed by atoms with E-state index in [0.29, 0.717) is 5.56 Å². The molecule has 1 aromatic carbocycles. The van der Waals surface area contributed by atoms with Crippen LogP contribution in [-0.2, 0) is 45.7 Å². The van der Waals surface area contributed by atoms with Crippen LogP contribution >= 0.6 is 11.3 Å². The van der Waals surface area contributed by atoms with Crippen molar-refractivity contribution in [3.8, 4) is 0 Å². The molecule has 3 rings (SSSR count). The van der Waals surface area contributed by atoms with E-state index in [1.807, 2.05) is 0 Å². The number of carbonyl (C=O) groups excluding carboxylic acids is 4. The Morgan fingerprint density at radius 3 is 2.42 bits per heavy atom. The number of amides is 3. The van der Waals surface area contributed by atoms with Gasteiger partial charge in [0.1, 0.15) is 18.3 Å². The van der Waals surface area contributed by atoms with Crippen LogP contribution in [0.1, 0.15) is 25.1 Å². The summed E-state index contributed by atoms with van der Waals surface area (Å²) >= 11 is 0.902. The summed E-state index contributed by atoms with van der Waals surface area (Å²) in [6.45, 7) is 2.23. The van der Waals surface area contributed by atoms with E-state index in [1.54, 1.807) is 0 Å². The predicted molar refractivity (Wildman–Crippen MR) is 134 cm³/mol. The zero-order valence-electron chi connectivity index (χ0n) is 20.5. The Bertz CT molecular complexity index is 1500. The third-order valence-corrected chi connectivity index (χ3v) is 6.81. The Kier molecular flexibility index (Phi) is 8.36. The van der Waals surface area contributed by atoms with Gasteiger partial charge in [-0.05, 0) is 31.5 Å². The molecule has 1 saturated heterocycles. The van der Waals surface area contributed by atoms with E-state index in [0.717, 1.165) is 11.3 Å². The van der Waals surface area contributed by atoms with Crippen LogP contribution in [-0.4, -0.2) is 74.3 Å². The molecular formula is C20H21N7O11S2. The number of rotatable bonds is 11. The van der Waals surface area contributed by atoms with Crippen molar-refractivity contribution in [3.63, 3.8) is 0 Å². The van der Waals surface area contributed by atoms with Gasteiger partial charge in [-0.2, -0.15) is 12.7 Å². The largest absolute Gasteiger partial charge is 0.458 e. The van der Waals surface area contributed by atoms with Gasteiger partial charge in [0, 0.05) is 17.5 Å². The molecule has 2 heterocycles. The molecule has 0 aliphatic carbocycles. The first kappa shape index (κ1) is 29.9. The molecule has 40 heavy (non-hydrogen) atoms. The molecule has 0 unspecified atom stereocenters. The number of β-lactam (4-membered cyclic amide) rings is 1. The van der Waals surface area contributed by atoms with Crippen LogP contribution in [0, 0.1) is 10.1 Å². The number of thiazole rings is 1. The second kappa shape index (κ2) is 11.2. The van der Waals surface area contributed by atoms with E-state index in [2.05, 4.69) is 15.5 Å². The zero-order valence-corrected chi connectivity index (χ0v) is 22.2. The van der Waals surface area contributed by atoms with Crippen molar-refractivity contribution in [2.75, 3.05) is 5.73 Å². The highest BCUT2D eigenvalue weighted by Gasteiger charge is 2.57. The van der Waals surface area contributed by atoms with Crippen LogP contribution in [0.2, 0.25) is 0 Å². The Balaban J connectivity index is 1.77. The van der Waals surface area contributed by atoms with Gasteiger partial charge in [0.25, 0.3) is 17.5 Å². The van der Waals surface area contributed by atoms with Crippen LogP contribution in [0.3, 0.4) is 0 Å². The first-order chi connectivity index (χ1) is 18.5. The Labute approximate surface area is 228 Å². The van der Waals surface area contributed by atoms with Crippen molar-refractivity contribution in [1.29, 1.82) is 0 Å². The van der Waals surface area contributed by atoms with E-state index < -0.39 is 62.3 Å². The number of nitrogen functional groups attached to an aromatic ring is 1. The Morgan fingerprint density at radius 1 is 1.30 bits per heavy atom. The predicted octanol–water partition coefficient (Wildman–Crippen LogP) is -1.14. The lowest BCUT2D eigenvalue weighted by molar-refractivity contribution is -0.384. The standard InChI is InChI=1S/C20H21N7O11S2/c1-20(2,18(31)37-7-9-3-5-10(6-4-9)27(32)33)38-25-12(11-8-39-19(22)23-11)16(29)24-13-14(15(21)28)26(17(13)30)40(34,35)36/h3-6,8,13-14H,7H2,1-2H3,(H2,21,28)(H2,22,23)(H,24,29)(H,34,35,36)/b25-12-/t13-,14+/m1/s1. The molecule has 1 aliphatic heterocycles. The maximum Gasteiger partial charge on any atom is 0.363 e. The molecule has 2 atom stereocenters. The van der Waals surface area contributed by atoms with E-state index >= 15 is 0 Å². The lowest BCUT2D eigenvalue weighted by atomic mass is 9.98. The summed E-state index contributed by atoms with van der Waals surface area (Å²) in [5, 5.41) is 17.8. The van der Waals surface area contributed by atoms with Crippen LogP contribution in [0.15, 0.2) is 34.8 Å². The number of benzene rings is 1. The summed E-state index contributed by atoms with van der Waals surface area (Å²) in [6.07, 6.45) is 0. The summed E-state index contributed by atoms with van der Waals surface area (Å²) in [7, 11) is -5.15. The smallest absolute Gasteiger partial charge is 0.363 e. The molecule has 18 nitrogen and oxygen atoms in total. The number of nitrogens with one attached hydrogen (secondary N) is 1. The number of aromatic nitrogens is 1. The molecule has 1 fully saturated rings. The maximum absolute atomic E-state index is 13.0. The third-order valence-electron chi connectivity index (χ3n) is 5.23. The number of nitro benzene ring substituents is 1. The summed E-state index contributed by atoms with van der Waals surface area (Å²) in [6, 6.07) is 1.51. The number of non-ortho nitro benzene ring substituents is 1. The fraction of sp³-hybridized carbons (Fsp3) is 0.300. The number of hydrogen-bond acceptors (Lipinski definition) is 14. The van der Waals surface area contributed by atoms with Crippen molar-refractivity contribution in [2.45, 2.75) is 38.1 Å². The molecule has 0 spiro atoms. The van der Waals surface area contributed by atoms with Gasteiger partial charge in [-0.15, -0.1) is 11.3 Å². The molecule has 0 radical (unpaired) electrons. The Hall–Kier alpha value is -4.69. The lowest BCUT2D eigenvalue weighted by Gasteiger charge is -2.41. The molecule has 6 N–H and O–H groups in total. The summed E-state index contributed by atoms with van der Waals surface area (Å²) in [5.74, 6) is -4.83. The second-order valence-electron chi connectivity index (χ2n) is 8.52. The van der Waals surface area contributed by atoms with Gasteiger partial charge < -0.3 is 26.4 Å². The molecule has 214 valence electrons. The van der Waals surface area contributed by atoms with Crippen molar-refractivity contribution in [1.82, 2.24) is 14.6 Å². The van der Waals surface area contributed by atoms with Crippen LogP contribution in [0.4, 0.5) is 10.8 Å². The molecule has 0 saturated carbocycles. The minimum absolute atomic E-state index is 0.00421. The van der Waals surface area contributed by atoms with E-state index in [4.69, 9.17) is 25.6 Å². The average molecular weight is 600 g/mol. The number of nitrogens with two attached hydrogens (primary N) is 2. The minimum atomic E-state index is -5.15. The molecule has 2 aromatic rings. The minimum Gasteiger partial charge on any atom is -0.458 e. The highest BCUT2D eigenvalue weighted by Crippen LogP contribution is 2.24. The highest BCUT2D eigenvalue weighted by atomic mass is 32.2. The van der Waals surface area contributed by atoms with E-state index in [1.165, 1.54) is 43.5 Å². The van der Waals surface area contributed by atoms with Crippen molar-refractivity contribution in [2.24, 2.45) is 10.9 Å². The fourth-order valence-corrected chi connectivity index (χ4v) is 4.59. The van der Waals surface area contributed by atoms with Crippen LogP contribution < -0.4 is 16.8 Å². The van der Waals surface area contributed by atoms with Crippen molar-refractivity contribution < 1.29 is 46.6 Å². The number of hydrogen-bond donors (Lipinski definition) is 4. The molecule has 3 amide bonds.